The zero-order chi connectivity index (χ0) is 71.5. The van der Waals surface area contributed by atoms with Crippen molar-refractivity contribution in [2.75, 3.05) is 73.6 Å². The van der Waals surface area contributed by atoms with E-state index in [1.807, 2.05) is 65.1 Å². The average Bonchev–Trinajstić information content (AvgIpc) is 1.07. The zero-order valence-corrected chi connectivity index (χ0v) is 58.6. The monoisotopic (exact) mass is 1380 g/mol. The largest absolute Gasteiger partial charge is 0.462 e. The van der Waals surface area contributed by atoms with Crippen LogP contribution in [0.1, 0.15) is 144 Å². The highest BCUT2D eigenvalue weighted by Crippen LogP contribution is 2.34. The number of nitrogens with one attached hydrogen (secondary N) is 1. The average molecular weight is 1380 g/mol. The third kappa shape index (κ3) is 20.9. The maximum atomic E-state index is 15.4. The maximum absolute atomic E-state index is 15.4. The summed E-state index contributed by atoms with van der Waals surface area (Å²) in [6.45, 7) is 10.4. The number of aliphatic hydroxyl groups is 4. The number of thiazole rings is 1. The number of likely N-dealkylation sites (N-methyl/N-ethyl adjacent to an activating group) is 2. The number of nitrogens with two attached hydrogens (primary N) is 1. The number of imide groups is 1. The van der Waals surface area contributed by atoms with Crippen LogP contribution in [-0.4, -0.2) is 242 Å². The number of piperidine rings is 1. The zero-order valence-electron chi connectivity index (χ0n) is 57.8. The van der Waals surface area contributed by atoms with Crippen molar-refractivity contribution in [3.05, 3.63) is 94.0 Å². The summed E-state index contributed by atoms with van der Waals surface area (Å²) in [6.07, 6.45) is -1.85. The highest BCUT2D eigenvalue weighted by molar-refractivity contribution is 7.09. The molecule has 4 aliphatic heterocycles. The molecule has 7 amide bonds. The Morgan fingerprint density at radius 2 is 1.48 bits per heavy atom. The van der Waals surface area contributed by atoms with Crippen molar-refractivity contribution in [3.63, 3.8) is 0 Å². The molecule has 538 valence electrons. The second kappa shape index (κ2) is 37.2. The van der Waals surface area contributed by atoms with Crippen LogP contribution in [0.4, 0.5) is 0 Å². The maximum Gasteiger partial charge on any atom is 0.303 e. The summed E-state index contributed by atoms with van der Waals surface area (Å²) in [7, 11) is 5.09. The fourth-order valence-electron chi connectivity index (χ4n) is 13.3. The van der Waals surface area contributed by atoms with Gasteiger partial charge in [-0.05, 0) is 93.8 Å². The number of nitrogens with zero attached hydrogens (tertiary/aromatic N) is 7. The molecule has 1 aromatic heterocycles. The molecule has 13 atom stereocenters. The van der Waals surface area contributed by atoms with E-state index in [0.717, 1.165) is 47.6 Å². The van der Waals surface area contributed by atoms with E-state index in [0.29, 0.717) is 24.8 Å². The molecule has 0 radical (unpaired) electrons. The van der Waals surface area contributed by atoms with Gasteiger partial charge in [0.15, 0.2) is 17.7 Å². The quantitative estimate of drug-likeness (QED) is 0.0279. The van der Waals surface area contributed by atoms with Crippen molar-refractivity contribution < 1.29 is 82.6 Å². The van der Waals surface area contributed by atoms with E-state index in [9.17, 15) is 58.8 Å². The van der Waals surface area contributed by atoms with E-state index in [2.05, 4.69) is 10.2 Å². The van der Waals surface area contributed by atoms with Gasteiger partial charge in [0.05, 0.1) is 18.7 Å². The minimum Gasteiger partial charge on any atom is -0.462 e. The van der Waals surface area contributed by atoms with Crippen molar-refractivity contribution in [2.24, 2.45) is 29.4 Å². The van der Waals surface area contributed by atoms with Crippen LogP contribution >= 0.6 is 11.3 Å². The fourth-order valence-corrected chi connectivity index (χ4v) is 14.1. The first-order chi connectivity index (χ1) is 46.7. The summed E-state index contributed by atoms with van der Waals surface area (Å²) >= 11 is 1.06. The second-order valence-electron chi connectivity index (χ2n) is 26.8. The second-order valence-corrected chi connectivity index (χ2v) is 27.7. The number of ether oxygens (including phenoxy) is 3. The van der Waals surface area contributed by atoms with Gasteiger partial charge in [0.2, 0.25) is 29.9 Å². The minimum absolute atomic E-state index is 0.0380. The van der Waals surface area contributed by atoms with Gasteiger partial charge in [-0.15, -0.1) is 11.3 Å². The van der Waals surface area contributed by atoms with Gasteiger partial charge in [-0.2, -0.15) is 0 Å². The molecule has 0 spiro atoms. The van der Waals surface area contributed by atoms with E-state index in [4.69, 9.17) is 24.9 Å². The molecule has 0 saturated carbocycles. The Morgan fingerprint density at radius 3 is 2.10 bits per heavy atom. The van der Waals surface area contributed by atoms with Crippen LogP contribution in [0.15, 0.2) is 72.1 Å². The lowest BCUT2D eigenvalue weighted by molar-refractivity contribution is -0.277. The number of ketones is 2. The van der Waals surface area contributed by atoms with Gasteiger partial charge >= 0.3 is 5.97 Å². The number of hydrogen-bond acceptors (Lipinski definition) is 21. The number of Topliss-reactive ketones (excluding diaryl/α,β-unsaturated/α-hetero) is 2. The van der Waals surface area contributed by atoms with Gasteiger partial charge in [-0.3, -0.25) is 57.7 Å². The number of esters is 1. The predicted octanol–water partition coefficient (Wildman–Crippen LogP) is 3.40. The molecule has 2 aromatic carbocycles. The first-order valence-corrected chi connectivity index (χ1v) is 35.3. The minimum atomic E-state index is -1.70. The number of aromatic nitrogens is 1. The molecule has 0 bridgehead atoms. The standard InChI is InChI=1S/C71H101N9O17S/c1-9-44(4)50(39-57(84)53-21-14-16-30-75(53)6)68(92)76(7)54(43(2)3)40-58(95-45(5)82)67-74-52(42-98-67)69(93)77(8)55(37-47-23-25-49(26-24-47)96-71-65(90)64(89)63(88)59(41-81)97-71)56(83)38-48(20-13-15-29-72)66(91)73-51(36-46-18-11-10-12-19-46)70(94)79-34-32-78(33-35-79)60(85)22-17-31-80-61(86)27-28-62(80)87/h10-12,18-19,23-28,42-44,48,50-51,53-55,58-59,63-65,71,81,88-90H,9,13-17,20-22,29-41,72H2,1-8H3,(H,73,91)/t44-,48-,50?,51-,53+,54+,55-,58+,59?,63?,64?,65?,71?/m0/s1. The van der Waals surface area contributed by atoms with Gasteiger partial charge < -0.3 is 65.3 Å². The summed E-state index contributed by atoms with van der Waals surface area (Å²) in [5.74, 6) is -5.84. The summed E-state index contributed by atoms with van der Waals surface area (Å²) < 4.78 is 17.4. The number of unbranched alkanes of at least 4 members (excludes halogenated alkanes) is 1. The summed E-state index contributed by atoms with van der Waals surface area (Å²) in [4.78, 5) is 153. The molecule has 26 nitrogen and oxygen atoms in total. The Bertz CT molecular complexity index is 3220. The van der Waals surface area contributed by atoms with Gasteiger partial charge in [0.1, 0.15) is 46.9 Å². The van der Waals surface area contributed by atoms with Crippen molar-refractivity contribution in [3.8, 4) is 5.75 Å². The summed E-state index contributed by atoms with van der Waals surface area (Å²) in [6, 6.07) is 12.2. The van der Waals surface area contributed by atoms with Crippen molar-refractivity contribution in [1.82, 2.24) is 39.7 Å². The number of benzene rings is 2. The SMILES string of the molecule is CC[C@H](C)C(CC(=O)[C@H]1CCCCN1C)C(=O)N(C)[C@H](C[C@@H](OC(C)=O)c1nc(C(=O)N(C)[C@@H](Cc2ccc(OC3OC(CO)C(O)C(O)C3O)cc2)C(=O)C[C@H](CCCCN)C(=O)N[C@@H](Cc2ccccc2)C(=O)N2CCN(C(=O)CCCN3C(=O)C=CC3=O)CC2)cs1)C(C)C. The lowest BCUT2D eigenvalue weighted by Crippen LogP contribution is -2.60. The summed E-state index contributed by atoms with van der Waals surface area (Å²) in [5.41, 5.74) is 7.13. The van der Waals surface area contributed by atoms with Crippen LogP contribution in [0.5, 0.6) is 5.75 Å². The molecule has 0 aliphatic carbocycles. The number of amides is 7. The first-order valence-electron chi connectivity index (χ1n) is 34.4. The van der Waals surface area contributed by atoms with E-state index in [-0.39, 0.29) is 136 Å². The highest BCUT2D eigenvalue weighted by Gasteiger charge is 2.45. The molecular weight excluding hydrogens is 1280 g/mol. The Labute approximate surface area is 578 Å². The van der Waals surface area contributed by atoms with Gasteiger partial charge in [0, 0.05) is 121 Å². The van der Waals surface area contributed by atoms with Crippen molar-refractivity contribution in [1.29, 1.82) is 0 Å². The number of piperazine rings is 1. The number of likely N-dealkylation sites (tertiary alicyclic amines) is 1. The van der Waals surface area contributed by atoms with Crippen LogP contribution in [0.2, 0.25) is 0 Å². The van der Waals surface area contributed by atoms with E-state index >= 15 is 9.59 Å². The number of carbonyl (C=O) groups excluding carboxylic acids is 10. The van der Waals surface area contributed by atoms with Crippen LogP contribution in [0.3, 0.4) is 0 Å². The van der Waals surface area contributed by atoms with Gasteiger partial charge in [-0.1, -0.05) is 89.4 Å². The Morgan fingerprint density at radius 1 is 0.816 bits per heavy atom. The number of carbonyl (C=O) groups is 10. The molecule has 3 saturated heterocycles. The normalized spacial score (nSPS) is 22.0. The third-order valence-corrected chi connectivity index (χ3v) is 20.5. The van der Waals surface area contributed by atoms with E-state index in [1.165, 1.54) is 48.5 Å². The topological polar surface area (TPSA) is 350 Å². The first kappa shape index (κ1) is 78.0. The van der Waals surface area contributed by atoms with E-state index in [1.54, 1.807) is 33.9 Å². The highest BCUT2D eigenvalue weighted by atomic mass is 32.1. The van der Waals surface area contributed by atoms with E-state index < -0.39 is 121 Å². The van der Waals surface area contributed by atoms with Crippen molar-refractivity contribution in [2.45, 2.75) is 185 Å². The lowest BCUT2D eigenvalue weighted by Gasteiger charge is -2.39. The molecule has 3 fully saturated rings. The Balaban J connectivity index is 1.13. The number of rotatable bonds is 35. The molecule has 6 unspecified atom stereocenters. The van der Waals surface area contributed by atoms with Gasteiger partial charge in [0.25, 0.3) is 17.7 Å². The smallest absolute Gasteiger partial charge is 0.303 e. The van der Waals surface area contributed by atoms with Crippen LogP contribution in [-0.2, 0) is 65.5 Å². The van der Waals surface area contributed by atoms with Crippen LogP contribution in [0, 0.1) is 23.7 Å². The van der Waals surface area contributed by atoms with Crippen molar-refractivity contribution >= 4 is 70.2 Å². The molecule has 3 aromatic rings. The molecule has 7 rings (SSSR count). The molecular formula is C71H101N9O17S. The lowest BCUT2D eigenvalue weighted by atomic mass is 9.83. The molecule has 98 heavy (non-hydrogen) atoms. The predicted molar refractivity (Wildman–Crippen MR) is 362 cm³/mol. The Hall–Kier alpha value is -7.37. The molecule has 7 N–H and O–H groups in total. The summed E-state index contributed by atoms with van der Waals surface area (Å²) in [5, 5.41) is 46.0. The number of aliphatic hydroxyl groups excluding tert-OH is 4. The molecule has 4 aliphatic rings. The molecule has 27 heteroatoms. The Kier molecular flexibility index (Phi) is 29.6. The third-order valence-electron chi connectivity index (χ3n) is 19.6. The van der Waals surface area contributed by atoms with Crippen LogP contribution in [0.25, 0.3) is 0 Å². The number of hydrogen-bond donors (Lipinski definition) is 6. The van der Waals surface area contributed by atoms with Crippen LogP contribution < -0.4 is 15.8 Å². The molecule has 5 heterocycles. The van der Waals surface area contributed by atoms with Gasteiger partial charge in [-0.25, -0.2) is 4.98 Å². The fraction of sp³-hybridized carbons (Fsp3) is 0.620.